The molecule has 1 aromatic heterocycles. The maximum Gasteiger partial charge on any atom is 0.339 e. The number of carboxylic acids is 1. The lowest BCUT2D eigenvalue weighted by molar-refractivity contribution is 0.0693. The summed E-state index contributed by atoms with van der Waals surface area (Å²) in [7, 11) is 0. The Balaban J connectivity index is 1.90. The molecule has 0 aliphatic rings. The monoisotopic (exact) mass is 322 g/mol. The third kappa shape index (κ3) is 3.15. The van der Waals surface area contributed by atoms with E-state index >= 15 is 0 Å². The van der Waals surface area contributed by atoms with Gasteiger partial charge >= 0.3 is 5.97 Å². The number of carbonyl (C=O) groups is 1. The summed E-state index contributed by atoms with van der Waals surface area (Å²) < 4.78 is 1.78. The smallest absolute Gasteiger partial charge is 0.339 e. The van der Waals surface area contributed by atoms with Gasteiger partial charge in [-0.3, -0.25) is 0 Å². The van der Waals surface area contributed by atoms with Crippen molar-refractivity contribution in [1.29, 1.82) is 0 Å². The molecule has 0 fully saturated rings. The first-order valence-electron chi connectivity index (χ1n) is 7.75. The minimum atomic E-state index is -1.12. The number of phenols is 1. The molecule has 0 amide bonds. The van der Waals surface area contributed by atoms with Gasteiger partial charge in [-0.05, 0) is 59.9 Å². The van der Waals surface area contributed by atoms with Crippen molar-refractivity contribution in [3.05, 3.63) is 77.1 Å². The van der Waals surface area contributed by atoms with Crippen LogP contribution in [0, 0.1) is 0 Å². The first-order valence-corrected chi connectivity index (χ1v) is 7.75. The molecular weight excluding hydrogens is 304 g/mol. The Morgan fingerprint density at radius 2 is 1.92 bits per heavy atom. The Hall–Kier alpha value is -3.08. The number of nitrogens with zero attached hydrogens (tertiary/aromatic N) is 2. The van der Waals surface area contributed by atoms with Gasteiger partial charge in [0.1, 0.15) is 11.3 Å². The van der Waals surface area contributed by atoms with E-state index in [-0.39, 0.29) is 11.3 Å². The summed E-state index contributed by atoms with van der Waals surface area (Å²) in [6.45, 7) is 1.99. The number of carboxylic acid groups (broad SMARTS) is 1. The Labute approximate surface area is 139 Å². The molecule has 0 aliphatic carbocycles. The molecule has 0 unspecified atom stereocenters. The summed E-state index contributed by atoms with van der Waals surface area (Å²) in [5, 5.41) is 23.2. The fourth-order valence-corrected chi connectivity index (χ4v) is 2.75. The first-order chi connectivity index (χ1) is 11.6. The second-order valence-corrected chi connectivity index (χ2v) is 5.59. The van der Waals surface area contributed by atoms with Crippen LogP contribution in [0.1, 0.15) is 34.0 Å². The van der Waals surface area contributed by atoms with Gasteiger partial charge in [0.25, 0.3) is 0 Å². The van der Waals surface area contributed by atoms with Crippen molar-refractivity contribution in [2.24, 2.45) is 0 Å². The molecule has 0 saturated heterocycles. The SMILES string of the molecule is CCc1cc(O)c(C(=O)O)cc1Cc1ccc(-n2cccn2)cc1. The molecule has 3 rings (SSSR count). The Morgan fingerprint density at radius 3 is 2.50 bits per heavy atom. The highest BCUT2D eigenvalue weighted by atomic mass is 16.4. The number of aromatic carboxylic acids is 1. The van der Waals surface area contributed by atoms with Crippen molar-refractivity contribution >= 4 is 5.97 Å². The van der Waals surface area contributed by atoms with Crippen LogP contribution in [0.5, 0.6) is 5.75 Å². The molecule has 1 heterocycles. The van der Waals surface area contributed by atoms with Gasteiger partial charge in [-0.1, -0.05) is 19.1 Å². The normalized spacial score (nSPS) is 10.7. The van der Waals surface area contributed by atoms with Gasteiger partial charge in [-0.15, -0.1) is 0 Å². The van der Waals surface area contributed by atoms with E-state index in [9.17, 15) is 15.0 Å². The van der Waals surface area contributed by atoms with Crippen LogP contribution in [0.15, 0.2) is 54.9 Å². The van der Waals surface area contributed by atoms with Gasteiger partial charge in [0.05, 0.1) is 5.69 Å². The van der Waals surface area contributed by atoms with E-state index < -0.39 is 5.97 Å². The number of rotatable bonds is 5. The van der Waals surface area contributed by atoms with Crippen LogP contribution in [-0.2, 0) is 12.8 Å². The highest BCUT2D eigenvalue weighted by Gasteiger charge is 2.14. The average molecular weight is 322 g/mol. The van der Waals surface area contributed by atoms with E-state index in [4.69, 9.17) is 0 Å². The maximum absolute atomic E-state index is 11.2. The van der Waals surface area contributed by atoms with E-state index in [2.05, 4.69) is 5.10 Å². The van der Waals surface area contributed by atoms with E-state index in [0.717, 1.165) is 28.8 Å². The highest BCUT2D eigenvalue weighted by Crippen LogP contribution is 2.25. The standard InChI is InChI=1S/C19H18N2O3/c1-2-14-12-18(22)17(19(23)24)11-15(14)10-13-4-6-16(7-5-13)21-9-3-8-20-21/h3-9,11-12,22H,2,10H2,1H3,(H,23,24). The quantitative estimate of drug-likeness (QED) is 0.754. The largest absolute Gasteiger partial charge is 0.507 e. The molecule has 24 heavy (non-hydrogen) atoms. The number of aryl methyl sites for hydroxylation is 1. The second kappa shape index (κ2) is 6.58. The van der Waals surface area contributed by atoms with Crippen molar-refractivity contribution in [1.82, 2.24) is 9.78 Å². The minimum Gasteiger partial charge on any atom is -0.507 e. The zero-order valence-corrected chi connectivity index (χ0v) is 13.3. The number of hydrogen-bond acceptors (Lipinski definition) is 3. The molecular formula is C19H18N2O3. The van der Waals surface area contributed by atoms with Crippen LogP contribution >= 0.6 is 0 Å². The molecule has 0 atom stereocenters. The molecule has 2 aromatic carbocycles. The molecule has 5 nitrogen and oxygen atoms in total. The summed E-state index contributed by atoms with van der Waals surface area (Å²) in [6.07, 6.45) is 4.95. The van der Waals surface area contributed by atoms with Crippen molar-refractivity contribution < 1.29 is 15.0 Å². The van der Waals surface area contributed by atoms with Crippen LogP contribution in [0.25, 0.3) is 5.69 Å². The fraction of sp³-hybridized carbons (Fsp3) is 0.158. The Morgan fingerprint density at radius 1 is 1.17 bits per heavy atom. The Bertz CT molecular complexity index is 853. The van der Waals surface area contributed by atoms with Crippen LogP contribution in [0.4, 0.5) is 0 Å². The van der Waals surface area contributed by atoms with Gasteiger partial charge in [0.15, 0.2) is 0 Å². The molecule has 0 bridgehead atoms. The summed E-state index contributed by atoms with van der Waals surface area (Å²) in [6, 6.07) is 13.0. The van der Waals surface area contributed by atoms with Gasteiger partial charge in [-0.2, -0.15) is 5.10 Å². The molecule has 0 spiro atoms. The summed E-state index contributed by atoms with van der Waals surface area (Å²) in [5.41, 5.74) is 3.85. The number of aromatic hydroxyl groups is 1. The van der Waals surface area contributed by atoms with E-state index in [1.807, 2.05) is 43.5 Å². The predicted octanol–water partition coefficient (Wildman–Crippen LogP) is 3.43. The van der Waals surface area contributed by atoms with Crippen LogP contribution < -0.4 is 0 Å². The Kier molecular flexibility index (Phi) is 4.33. The topological polar surface area (TPSA) is 75.3 Å². The van der Waals surface area contributed by atoms with Crippen molar-refractivity contribution in [3.8, 4) is 11.4 Å². The van der Waals surface area contributed by atoms with Gasteiger partial charge in [0.2, 0.25) is 0 Å². The molecule has 2 N–H and O–H groups in total. The van der Waals surface area contributed by atoms with Gasteiger partial charge < -0.3 is 10.2 Å². The molecule has 122 valence electrons. The molecule has 0 saturated carbocycles. The lowest BCUT2D eigenvalue weighted by atomic mass is 9.95. The summed E-state index contributed by atoms with van der Waals surface area (Å²) in [4.78, 5) is 11.2. The lowest BCUT2D eigenvalue weighted by Gasteiger charge is -2.11. The van der Waals surface area contributed by atoms with E-state index in [0.29, 0.717) is 6.42 Å². The first kappa shape index (κ1) is 15.8. The van der Waals surface area contributed by atoms with E-state index in [1.165, 1.54) is 0 Å². The average Bonchev–Trinajstić information content (AvgIpc) is 3.11. The van der Waals surface area contributed by atoms with Crippen molar-refractivity contribution in [2.45, 2.75) is 19.8 Å². The van der Waals surface area contributed by atoms with Crippen LogP contribution in [-0.4, -0.2) is 26.0 Å². The molecule has 0 radical (unpaired) electrons. The van der Waals surface area contributed by atoms with Gasteiger partial charge in [-0.25, -0.2) is 9.48 Å². The minimum absolute atomic E-state index is 0.0599. The van der Waals surface area contributed by atoms with Crippen molar-refractivity contribution in [3.63, 3.8) is 0 Å². The van der Waals surface area contributed by atoms with Gasteiger partial charge in [0, 0.05) is 12.4 Å². The second-order valence-electron chi connectivity index (χ2n) is 5.59. The number of benzene rings is 2. The zero-order valence-electron chi connectivity index (χ0n) is 13.3. The highest BCUT2D eigenvalue weighted by molar-refractivity contribution is 5.91. The summed E-state index contributed by atoms with van der Waals surface area (Å²) >= 11 is 0. The van der Waals surface area contributed by atoms with Crippen LogP contribution in [0.2, 0.25) is 0 Å². The molecule has 5 heteroatoms. The zero-order chi connectivity index (χ0) is 17.1. The fourth-order valence-electron chi connectivity index (χ4n) is 2.75. The summed E-state index contributed by atoms with van der Waals surface area (Å²) in [5.74, 6) is -1.30. The van der Waals surface area contributed by atoms with Crippen LogP contribution in [0.3, 0.4) is 0 Å². The molecule has 3 aromatic rings. The maximum atomic E-state index is 11.2. The lowest BCUT2D eigenvalue weighted by Crippen LogP contribution is -2.02. The predicted molar refractivity (Wildman–Crippen MR) is 90.8 cm³/mol. The number of hydrogen-bond donors (Lipinski definition) is 2. The third-order valence-corrected chi connectivity index (χ3v) is 4.03. The third-order valence-electron chi connectivity index (χ3n) is 4.03. The van der Waals surface area contributed by atoms with Crippen molar-refractivity contribution in [2.75, 3.05) is 0 Å². The number of aromatic nitrogens is 2. The van der Waals surface area contributed by atoms with E-state index in [1.54, 1.807) is 23.0 Å². The molecule has 0 aliphatic heterocycles.